The molecule has 1 N–H and O–H groups in total. The van der Waals surface area contributed by atoms with Crippen molar-refractivity contribution in [2.45, 2.75) is 30.0 Å². The van der Waals surface area contributed by atoms with Crippen LogP contribution in [0.4, 0.5) is 11.4 Å². The number of carbonyl (C=O) groups excluding carboxylic acids is 2. The summed E-state index contributed by atoms with van der Waals surface area (Å²) in [6.45, 7) is 4.34. The molecule has 2 heterocycles. The van der Waals surface area contributed by atoms with Crippen LogP contribution in [0.3, 0.4) is 0 Å². The Balaban J connectivity index is 1.88. The van der Waals surface area contributed by atoms with Gasteiger partial charge in [-0.3, -0.25) is 14.3 Å². The third-order valence-electron chi connectivity index (χ3n) is 3.90. The van der Waals surface area contributed by atoms with E-state index < -0.39 is 4.75 Å². The van der Waals surface area contributed by atoms with E-state index in [0.717, 1.165) is 17.1 Å². The van der Waals surface area contributed by atoms with Crippen LogP contribution in [-0.2, 0) is 16.1 Å². The van der Waals surface area contributed by atoms with Crippen molar-refractivity contribution in [3.8, 4) is 0 Å². The van der Waals surface area contributed by atoms with Gasteiger partial charge in [0, 0.05) is 24.7 Å². The largest absolute Gasteiger partial charge is 0.322 e. The van der Waals surface area contributed by atoms with Gasteiger partial charge in [-0.05, 0) is 26.0 Å². The first-order valence-corrected chi connectivity index (χ1v) is 8.17. The summed E-state index contributed by atoms with van der Waals surface area (Å²) in [6, 6.07) is 7.58. The fourth-order valence-corrected chi connectivity index (χ4v) is 3.77. The zero-order chi connectivity index (χ0) is 16.6. The highest BCUT2D eigenvalue weighted by molar-refractivity contribution is 8.02. The Labute approximate surface area is 138 Å². The minimum atomic E-state index is -1.21. The monoisotopic (exact) mass is 330 g/mol. The topological polar surface area (TPSA) is 67.2 Å². The standard InChI is InChI=1S/C16H18N4O2S/c1-4-20-10-11(9-17-20)18-14(21)16(2)15(22)19(3)12-7-5-6-8-13(12)23-16/h5-10H,4H2,1-3H3,(H,18,21)/t16-/m0/s1. The van der Waals surface area contributed by atoms with E-state index >= 15 is 0 Å². The average Bonchev–Trinajstić information content (AvgIpc) is 3.00. The van der Waals surface area contributed by atoms with Crippen molar-refractivity contribution in [1.82, 2.24) is 9.78 Å². The maximum atomic E-state index is 12.7. The summed E-state index contributed by atoms with van der Waals surface area (Å²) in [7, 11) is 1.70. The molecule has 2 aromatic rings. The molecule has 120 valence electrons. The third-order valence-corrected chi connectivity index (χ3v) is 5.24. The Morgan fingerprint density at radius 1 is 1.39 bits per heavy atom. The summed E-state index contributed by atoms with van der Waals surface area (Å²) >= 11 is 1.28. The summed E-state index contributed by atoms with van der Waals surface area (Å²) < 4.78 is 0.507. The second-order valence-corrected chi connectivity index (χ2v) is 6.97. The predicted octanol–water partition coefficient (Wildman–Crippen LogP) is 2.37. The van der Waals surface area contributed by atoms with Gasteiger partial charge in [-0.25, -0.2) is 0 Å². The van der Waals surface area contributed by atoms with Crippen LogP contribution in [0.15, 0.2) is 41.6 Å². The number of thioether (sulfide) groups is 1. The first-order valence-electron chi connectivity index (χ1n) is 7.36. The number of hydrogen-bond acceptors (Lipinski definition) is 4. The number of nitrogens with zero attached hydrogens (tertiary/aromatic N) is 3. The SMILES string of the molecule is CCn1cc(NC(=O)[C@]2(C)Sc3ccccc3N(C)C2=O)cn1. The van der Waals surface area contributed by atoms with Crippen LogP contribution >= 0.6 is 11.8 Å². The molecule has 7 heteroatoms. The van der Waals surface area contributed by atoms with Crippen LogP contribution < -0.4 is 10.2 Å². The highest BCUT2D eigenvalue weighted by atomic mass is 32.2. The summed E-state index contributed by atoms with van der Waals surface area (Å²) in [4.78, 5) is 27.9. The molecule has 0 saturated heterocycles. The second-order valence-electron chi connectivity index (χ2n) is 5.51. The molecule has 1 aromatic carbocycles. The minimum absolute atomic E-state index is 0.235. The van der Waals surface area contributed by atoms with Gasteiger partial charge in [0.1, 0.15) is 0 Å². The minimum Gasteiger partial charge on any atom is -0.322 e. The Morgan fingerprint density at radius 3 is 2.83 bits per heavy atom. The Hall–Kier alpha value is -2.28. The van der Waals surface area contributed by atoms with E-state index in [1.807, 2.05) is 31.2 Å². The normalized spacial score (nSPS) is 20.3. The lowest BCUT2D eigenvalue weighted by Crippen LogP contribution is -2.53. The van der Waals surface area contributed by atoms with Crippen molar-refractivity contribution in [3.63, 3.8) is 0 Å². The summed E-state index contributed by atoms with van der Waals surface area (Å²) in [5.74, 6) is -0.578. The van der Waals surface area contributed by atoms with Crippen molar-refractivity contribution in [3.05, 3.63) is 36.7 Å². The smallest absolute Gasteiger partial charge is 0.252 e. The van der Waals surface area contributed by atoms with Crippen molar-refractivity contribution in [2.75, 3.05) is 17.3 Å². The fraction of sp³-hybridized carbons (Fsp3) is 0.312. The van der Waals surface area contributed by atoms with Gasteiger partial charge in [0.05, 0.1) is 17.6 Å². The molecule has 0 aliphatic carbocycles. The summed E-state index contributed by atoms with van der Waals surface area (Å²) in [6.07, 6.45) is 3.33. The molecule has 0 saturated carbocycles. The molecule has 0 fully saturated rings. The van der Waals surface area contributed by atoms with Gasteiger partial charge >= 0.3 is 0 Å². The van der Waals surface area contributed by atoms with Crippen LogP contribution in [0.5, 0.6) is 0 Å². The fourth-order valence-electron chi connectivity index (χ4n) is 2.51. The third kappa shape index (κ3) is 2.61. The maximum absolute atomic E-state index is 12.7. The molecule has 1 atom stereocenters. The molecular formula is C16H18N4O2S. The Morgan fingerprint density at radius 2 is 2.13 bits per heavy atom. The molecule has 23 heavy (non-hydrogen) atoms. The van der Waals surface area contributed by atoms with Crippen LogP contribution in [0.1, 0.15) is 13.8 Å². The average molecular weight is 330 g/mol. The molecule has 0 spiro atoms. The lowest BCUT2D eigenvalue weighted by molar-refractivity contribution is -0.128. The van der Waals surface area contributed by atoms with E-state index in [1.54, 1.807) is 35.9 Å². The van der Waals surface area contributed by atoms with Gasteiger partial charge in [-0.15, -0.1) is 0 Å². The van der Waals surface area contributed by atoms with E-state index in [-0.39, 0.29) is 11.8 Å². The number of carbonyl (C=O) groups is 2. The maximum Gasteiger partial charge on any atom is 0.252 e. The second kappa shape index (κ2) is 5.73. The first-order chi connectivity index (χ1) is 11.0. The van der Waals surface area contributed by atoms with E-state index in [4.69, 9.17) is 0 Å². The molecular weight excluding hydrogens is 312 g/mol. The number of fused-ring (bicyclic) bond motifs is 1. The van der Waals surface area contributed by atoms with Crippen LogP contribution in [-0.4, -0.2) is 33.4 Å². The molecule has 1 aliphatic rings. The quantitative estimate of drug-likeness (QED) is 0.878. The van der Waals surface area contributed by atoms with Gasteiger partial charge in [-0.2, -0.15) is 5.10 Å². The number of rotatable bonds is 3. The van der Waals surface area contributed by atoms with Crippen molar-refractivity contribution < 1.29 is 9.59 Å². The number of aryl methyl sites for hydroxylation is 1. The van der Waals surface area contributed by atoms with Gasteiger partial charge in [0.15, 0.2) is 4.75 Å². The Kier molecular flexibility index (Phi) is 3.89. The number of benzene rings is 1. The van der Waals surface area contributed by atoms with Crippen molar-refractivity contribution >= 4 is 35.0 Å². The number of nitrogens with one attached hydrogen (secondary N) is 1. The summed E-state index contributed by atoms with van der Waals surface area (Å²) in [5, 5.41) is 6.92. The van der Waals surface area contributed by atoms with Gasteiger partial charge < -0.3 is 10.2 Å². The predicted molar refractivity (Wildman–Crippen MR) is 90.6 cm³/mol. The number of hydrogen-bond donors (Lipinski definition) is 1. The van der Waals surface area contributed by atoms with Crippen LogP contribution in [0.25, 0.3) is 0 Å². The lowest BCUT2D eigenvalue weighted by atomic mass is 10.1. The van der Waals surface area contributed by atoms with Gasteiger partial charge in [0.25, 0.3) is 5.91 Å². The molecule has 1 aliphatic heterocycles. The number of amides is 2. The van der Waals surface area contributed by atoms with E-state index in [2.05, 4.69) is 10.4 Å². The number of para-hydroxylation sites is 1. The molecule has 0 bridgehead atoms. The van der Waals surface area contributed by atoms with Crippen molar-refractivity contribution in [2.24, 2.45) is 0 Å². The molecule has 6 nitrogen and oxygen atoms in total. The lowest BCUT2D eigenvalue weighted by Gasteiger charge is -2.36. The number of anilines is 2. The van der Waals surface area contributed by atoms with E-state index in [0.29, 0.717) is 5.69 Å². The molecule has 1 aromatic heterocycles. The zero-order valence-electron chi connectivity index (χ0n) is 13.2. The highest BCUT2D eigenvalue weighted by Gasteiger charge is 2.48. The highest BCUT2D eigenvalue weighted by Crippen LogP contribution is 2.45. The van der Waals surface area contributed by atoms with Crippen molar-refractivity contribution in [1.29, 1.82) is 0 Å². The van der Waals surface area contributed by atoms with E-state index in [1.165, 1.54) is 11.8 Å². The molecule has 0 radical (unpaired) electrons. The first kappa shape index (κ1) is 15.6. The van der Waals surface area contributed by atoms with Gasteiger partial charge in [0.2, 0.25) is 5.91 Å². The van der Waals surface area contributed by atoms with Gasteiger partial charge in [-0.1, -0.05) is 23.9 Å². The molecule has 3 rings (SSSR count). The summed E-state index contributed by atoms with van der Waals surface area (Å²) in [5.41, 5.74) is 1.42. The molecule has 0 unspecified atom stereocenters. The zero-order valence-corrected chi connectivity index (χ0v) is 14.1. The Bertz CT molecular complexity index is 773. The molecule has 2 amide bonds. The van der Waals surface area contributed by atoms with E-state index in [9.17, 15) is 9.59 Å². The van der Waals surface area contributed by atoms with Crippen LogP contribution in [0, 0.1) is 0 Å². The number of aromatic nitrogens is 2. The van der Waals surface area contributed by atoms with Crippen LogP contribution in [0.2, 0.25) is 0 Å².